The van der Waals surface area contributed by atoms with Gasteiger partial charge in [-0.2, -0.15) is 0 Å². The summed E-state index contributed by atoms with van der Waals surface area (Å²) in [4.78, 5) is 0. The minimum absolute atomic E-state index is 0.916. The Balaban J connectivity index is 2.43. The van der Waals surface area contributed by atoms with Gasteiger partial charge in [0.1, 0.15) is 5.60 Å². The molecule has 0 heterocycles. The molecule has 0 fully saturated rings. The molecule has 0 bridgehead atoms. The summed E-state index contributed by atoms with van der Waals surface area (Å²) in [5.41, 5.74) is 2.12. The topological polar surface area (TPSA) is 20.2 Å². The molecule has 0 saturated heterocycles. The maximum Gasteiger partial charge on any atom is 0.112 e. The number of rotatable bonds is 2. The van der Waals surface area contributed by atoms with Gasteiger partial charge in [-0.05, 0) is 25.0 Å². The summed E-state index contributed by atoms with van der Waals surface area (Å²) < 4.78 is 0. The minimum Gasteiger partial charge on any atom is -0.381 e. The van der Waals surface area contributed by atoms with Gasteiger partial charge in [0.05, 0.1) is 0 Å². The first kappa shape index (κ1) is 10.9. The van der Waals surface area contributed by atoms with Crippen LogP contribution in [0.15, 0.2) is 54.6 Å². The predicted octanol–water partition coefficient (Wildman–Crippen LogP) is 3.25. The number of hydrogen-bond acceptors (Lipinski definition) is 1. The van der Waals surface area contributed by atoms with Crippen LogP contribution < -0.4 is 0 Å². The molecule has 0 aliphatic carbocycles. The zero-order valence-corrected chi connectivity index (χ0v) is 9.64. The van der Waals surface area contributed by atoms with Crippen LogP contribution in [-0.4, -0.2) is 5.11 Å². The Kier molecular flexibility index (Phi) is 2.80. The molecule has 0 radical (unpaired) electrons. The van der Waals surface area contributed by atoms with Crippen LogP contribution in [0.1, 0.15) is 23.6 Å². The number of aliphatic hydroxyl groups is 1. The summed E-state index contributed by atoms with van der Waals surface area (Å²) in [7, 11) is 0. The largest absolute Gasteiger partial charge is 0.381 e. The Hall–Kier alpha value is -1.60. The van der Waals surface area contributed by atoms with E-state index in [1.807, 2.05) is 68.4 Å². The summed E-state index contributed by atoms with van der Waals surface area (Å²) in [6.07, 6.45) is 0. The predicted molar refractivity (Wildman–Crippen MR) is 66.3 cm³/mol. The molecule has 0 aliphatic rings. The molecule has 2 rings (SSSR count). The van der Waals surface area contributed by atoms with Crippen molar-refractivity contribution in [1.29, 1.82) is 0 Å². The van der Waals surface area contributed by atoms with E-state index < -0.39 is 5.60 Å². The molecule has 0 aliphatic heterocycles. The molecule has 0 amide bonds. The smallest absolute Gasteiger partial charge is 0.112 e. The van der Waals surface area contributed by atoms with Gasteiger partial charge >= 0.3 is 0 Å². The molecule has 1 heteroatoms. The summed E-state index contributed by atoms with van der Waals surface area (Å²) in [5.74, 6) is 0. The van der Waals surface area contributed by atoms with E-state index >= 15 is 0 Å². The van der Waals surface area contributed by atoms with Gasteiger partial charge in [0.25, 0.3) is 0 Å². The normalized spacial score (nSPS) is 14.4. The fraction of sp³-hybridized carbons (Fsp3) is 0.200. The zero-order valence-electron chi connectivity index (χ0n) is 9.64. The van der Waals surface area contributed by atoms with E-state index in [-0.39, 0.29) is 0 Å². The number of aryl methyl sites for hydroxylation is 1. The van der Waals surface area contributed by atoms with Gasteiger partial charge < -0.3 is 5.11 Å². The van der Waals surface area contributed by atoms with Crippen LogP contribution in [0.2, 0.25) is 0 Å². The molecule has 16 heavy (non-hydrogen) atoms. The Morgan fingerprint density at radius 2 is 1.31 bits per heavy atom. The van der Waals surface area contributed by atoms with Crippen LogP contribution in [0.5, 0.6) is 0 Å². The first-order valence-corrected chi connectivity index (χ1v) is 5.46. The highest BCUT2D eigenvalue weighted by atomic mass is 16.3. The molecule has 1 N–H and O–H groups in total. The maximum atomic E-state index is 10.5. The van der Waals surface area contributed by atoms with Crippen molar-refractivity contribution in [2.24, 2.45) is 0 Å². The van der Waals surface area contributed by atoms with E-state index in [9.17, 15) is 5.11 Å². The van der Waals surface area contributed by atoms with Gasteiger partial charge in [-0.15, -0.1) is 0 Å². The summed E-state index contributed by atoms with van der Waals surface area (Å²) in [5, 5.41) is 10.5. The average Bonchev–Trinajstić information content (AvgIpc) is 2.31. The van der Waals surface area contributed by atoms with Crippen molar-refractivity contribution in [3.63, 3.8) is 0 Å². The van der Waals surface area contributed by atoms with Crippen molar-refractivity contribution < 1.29 is 5.11 Å². The Morgan fingerprint density at radius 1 is 0.812 bits per heavy atom. The first-order valence-electron chi connectivity index (χ1n) is 5.46. The van der Waals surface area contributed by atoms with E-state index in [1.165, 1.54) is 5.56 Å². The molecule has 2 aromatic rings. The minimum atomic E-state index is -0.922. The van der Waals surface area contributed by atoms with Crippen molar-refractivity contribution in [2.75, 3.05) is 0 Å². The first-order chi connectivity index (χ1) is 7.60. The molecule has 1 nitrogen and oxygen atoms in total. The van der Waals surface area contributed by atoms with E-state index in [1.54, 1.807) is 0 Å². The second-order valence-electron chi connectivity index (χ2n) is 4.30. The zero-order chi connectivity index (χ0) is 11.6. The quantitative estimate of drug-likeness (QED) is 0.810. The van der Waals surface area contributed by atoms with Crippen LogP contribution in [0.25, 0.3) is 0 Å². The second kappa shape index (κ2) is 4.11. The lowest BCUT2D eigenvalue weighted by atomic mass is 9.88. The van der Waals surface area contributed by atoms with Gasteiger partial charge in [0, 0.05) is 0 Å². The van der Waals surface area contributed by atoms with Crippen molar-refractivity contribution in [2.45, 2.75) is 19.4 Å². The second-order valence-corrected chi connectivity index (χ2v) is 4.30. The molecule has 82 valence electrons. The van der Waals surface area contributed by atoms with Crippen LogP contribution >= 0.6 is 0 Å². The molecular weight excluding hydrogens is 196 g/mol. The van der Waals surface area contributed by atoms with E-state index in [0.717, 1.165) is 11.1 Å². The standard InChI is InChI=1S/C15H16O/c1-12-8-10-14(11-9-12)15(2,16)13-6-4-3-5-7-13/h3-11,16H,1-2H3. The van der Waals surface area contributed by atoms with E-state index in [2.05, 4.69) is 0 Å². The lowest BCUT2D eigenvalue weighted by Crippen LogP contribution is -2.22. The number of hydrogen-bond donors (Lipinski definition) is 1. The van der Waals surface area contributed by atoms with Gasteiger partial charge in [-0.1, -0.05) is 60.2 Å². The van der Waals surface area contributed by atoms with Gasteiger partial charge in [-0.3, -0.25) is 0 Å². The Bertz CT molecular complexity index is 455. The summed E-state index contributed by atoms with van der Waals surface area (Å²) in [6, 6.07) is 17.7. The van der Waals surface area contributed by atoms with Crippen molar-refractivity contribution in [1.82, 2.24) is 0 Å². The lowest BCUT2D eigenvalue weighted by Gasteiger charge is -2.24. The molecular formula is C15H16O. The molecule has 0 spiro atoms. The molecule has 2 aromatic carbocycles. The number of benzene rings is 2. The third kappa shape index (κ3) is 2.00. The fourth-order valence-corrected chi connectivity index (χ4v) is 1.81. The SMILES string of the molecule is Cc1ccc(C(C)(O)c2ccccc2)cc1. The van der Waals surface area contributed by atoms with Crippen LogP contribution in [0.3, 0.4) is 0 Å². The highest BCUT2D eigenvalue weighted by Crippen LogP contribution is 2.28. The van der Waals surface area contributed by atoms with Crippen LogP contribution in [-0.2, 0) is 5.60 Å². The van der Waals surface area contributed by atoms with Crippen molar-refractivity contribution >= 4 is 0 Å². The summed E-state index contributed by atoms with van der Waals surface area (Å²) >= 11 is 0. The third-order valence-corrected chi connectivity index (χ3v) is 2.95. The highest BCUT2D eigenvalue weighted by molar-refractivity contribution is 5.36. The van der Waals surface area contributed by atoms with E-state index in [0.29, 0.717) is 0 Å². The van der Waals surface area contributed by atoms with E-state index in [4.69, 9.17) is 0 Å². The van der Waals surface area contributed by atoms with Gasteiger partial charge in [0.15, 0.2) is 0 Å². The maximum absolute atomic E-state index is 10.5. The molecule has 1 atom stereocenters. The third-order valence-electron chi connectivity index (χ3n) is 2.95. The fourth-order valence-electron chi connectivity index (χ4n) is 1.81. The monoisotopic (exact) mass is 212 g/mol. The van der Waals surface area contributed by atoms with Gasteiger partial charge in [-0.25, -0.2) is 0 Å². The molecule has 0 saturated carbocycles. The lowest BCUT2D eigenvalue weighted by molar-refractivity contribution is 0.102. The van der Waals surface area contributed by atoms with Crippen molar-refractivity contribution in [3.8, 4) is 0 Å². The average molecular weight is 212 g/mol. The van der Waals surface area contributed by atoms with Crippen LogP contribution in [0, 0.1) is 6.92 Å². The Morgan fingerprint density at radius 3 is 1.88 bits per heavy atom. The Labute approximate surface area is 96.4 Å². The van der Waals surface area contributed by atoms with Gasteiger partial charge in [0.2, 0.25) is 0 Å². The van der Waals surface area contributed by atoms with Crippen LogP contribution in [0.4, 0.5) is 0 Å². The summed E-state index contributed by atoms with van der Waals surface area (Å²) in [6.45, 7) is 3.87. The molecule has 1 unspecified atom stereocenters. The van der Waals surface area contributed by atoms with Crippen molar-refractivity contribution in [3.05, 3.63) is 71.3 Å². The molecule has 0 aromatic heterocycles. The highest BCUT2D eigenvalue weighted by Gasteiger charge is 2.24.